The molecule has 0 radical (unpaired) electrons. The first-order valence-corrected chi connectivity index (χ1v) is 12.1. The van der Waals surface area contributed by atoms with Gasteiger partial charge in [-0.1, -0.05) is 6.07 Å². The van der Waals surface area contributed by atoms with E-state index in [0.717, 1.165) is 35.1 Å². The third-order valence-corrected chi connectivity index (χ3v) is 7.06. The minimum Gasteiger partial charge on any atom is -0.378 e. The van der Waals surface area contributed by atoms with Crippen molar-refractivity contribution in [1.29, 1.82) is 0 Å². The van der Waals surface area contributed by atoms with E-state index in [1.54, 1.807) is 12.4 Å². The second-order valence-electron chi connectivity index (χ2n) is 9.37. The summed E-state index contributed by atoms with van der Waals surface area (Å²) in [5.41, 5.74) is 8.53. The van der Waals surface area contributed by atoms with E-state index in [0.29, 0.717) is 37.7 Å². The number of benzene rings is 1. The van der Waals surface area contributed by atoms with Gasteiger partial charge in [-0.2, -0.15) is 0 Å². The van der Waals surface area contributed by atoms with Gasteiger partial charge in [-0.3, -0.25) is 4.79 Å². The molecule has 2 aliphatic heterocycles. The normalized spacial score (nSPS) is 18.0. The lowest BCUT2D eigenvalue weighted by atomic mass is 9.87. The third-order valence-electron chi connectivity index (χ3n) is 7.06. The van der Waals surface area contributed by atoms with Crippen LogP contribution in [0.3, 0.4) is 0 Å². The van der Waals surface area contributed by atoms with Crippen molar-refractivity contribution in [2.24, 2.45) is 0 Å². The molecule has 1 amide bonds. The molecule has 8 heteroatoms. The summed E-state index contributed by atoms with van der Waals surface area (Å²) in [5.74, 6) is 0.627. The number of hydrogen-bond acceptors (Lipinski definition) is 6. The Labute approximate surface area is 203 Å². The Hall–Kier alpha value is -3.62. The van der Waals surface area contributed by atoms with Gasteiger partial charge in [0, 0.05) is 55.4 Å². The number of fused-ring (bicyclic) bond motifs is 2. The van der Waals surface area contributed by atoms with Crippen LogP contribution in [0.15, 0.2) is 43.0 Å². The Morgan fingerprint density at radius 2 is 1.94 bits per heavy atom. The van der Waals surface area contributed by atoms with Gasteiger partial charge in [0.1, 0.15) is 11.5 Å². The Bertz CT molecular complexity index is 1410. The smallest absolute Gasteiger partial charge is 0.257 e. The fraction of sp³-hybridized carbons (Fsp3) is 0.333. The summed E-state index contributed by atoms with van der Waals surface area (Å²) in [6, 6.07) is 6.81. The highest BCUT2D eigenvalue weighted by atomic mass is 16.5. The van der Waals surface area contributed by atoms with Crippen LogP contribution in [0, 0.1) is 13.8 Å². The minimum absolute atomic E-state index is 0.0314. The lowest BCUT2D eigenvalue weighted by Gasteiger charge is -2.34. The summed E-state index contributed by atoms with van der Waals surface area (Å²) in [7, 11) is 0. The number of hydrogen-bond donors (Lipinski definition) is 2. The van der Waals surface area contributed by atoms with Gasteiger partial charge >= 0.3 is 0 Å². The fourth-order valence-electron chi connectivity index (χ4n) is 5.09. The first-order chi connectivity index (χ1) is 17.1. The van der Waals surface area contributed by atoms with E-state index in [1.165, 1.54) is 22.3 Å². The van der Waals surface area contributed by atoms with E-state index in [4.69, 9.17) is 4.74 Å². The topological polar surface area (TPSA) is 96.0 Å². The molecule has 1 atom stereocenters. The van der Waals surface area contributed by atoms with Crippen LogP contribution >= 0.6 is 0 Å². The van der Waals surface area contributed by atoms with Gasteiger partial charge in [-0.05, 0) is 60.2 Å². The summed E-state index contributed by atoms with van der Waals surface area (Å²) < 4.78 is 5.81. The maximum absolute atomic E-state index is 13.2. The molecule has 1 saturated heterocycles. The van der Waals surface area contributed by atoms with Gasteiger partial charge in [0.15, 0.2) is 0 Å². The molecule has 0 bridgehead atoms. The van der Waals surface area contributed by atoms with Crippen molar-refractivity contribution in [3.63, 3.8) is 0 Å². The van der Waals surface area contributed by atoms with Crippen molar-refractivity contribution in [3.8, 4) is 11.1 Å². The van der Waals surface area contributed by atoms with Crippen molar-refractivity contribution in [2.75, 3.05) is 26.3 Å². The molecule has 2 N–H and O–H groups in total. The first kappa shape index (κ1) is 21.9. The number of carbonyl (C=O) groups is 1. The second-order valence-corrected chi connectivity index (χ2v) is 9.37. The number of aromatic amines is 1. The average molecular weight is 469 g/mol. The van der Waals surface area contributed by atoms with Gasteiger partial charge in [0.05, 0.1) is 24.8 Å². The fourth-order valence-corrected chi connectivity index (χ4v) is 5.09. The number of morpholine rings is 1. The standard InChI is InChI=1S/C27H28N6O2/c1-16-10-31-26-22(16)9-20(11-32-26)19-7-18-3-5-33(27(34)21-12-29-17(2)30-13-21)14-24(18)23(8-19)25-15-35-6-4-28-25/h7-13,25,28H,3-6,14-15H2,1-2H3,(H,31,32). The van der Waals surface area contributed by atoms with Crippen LogP contribution in [0.4, 0.5) is 0 Å². The molecular formula is C27H28N6O2. The predicted molar refractivity (Wildman–Crippen MR) is 133 cm³/mol. The number of pyridine rings is 1. The molecule has 6 rings (SSSR count). The quantitative estimate of drug-likeness (QED) is 0.478. The highest BCUT2D eigenvalue weighted by Gasteiger charge is 2.28. The summed E-state index contributed by atoms with van der Waals surface area (Å²) in [5, 5.41) is 4.75. The molecule has 1 unspecified atom stereocenters. The Kier molecular flexibility index (Phi) is 5.54. The second kappa shape index (κ2) is 8.87. The van der Waals surface area contributed by atoms with Crippen molar-refractivity contribution in [1.82, 2.24) is 30.2 Å². The van der Waals surface area contributed by atoms with Crippen molar-refractivity contribution in [2.45, 2.75) is 32.9 Å². The van der Waals surface area contributed by atoms with Crippen molar-refractivity contribution in [3.05, 3.63) is 76.6 Å². The molecular weight excluding hydrogens is 440 g/mol. The maximum Gasteiger partial charge on any atom is 0.257 e. The summed E-state index contributed by atoms with van der Waals surface area (Å²) in [4.78, 5) is 31.4. The molecule has 0 saturated carbocycles. The Balaban J connectivity index is 1.39. The van der Waals surface area contributed by atoms with E-state index >= 15 is 0 Å². The van der Waals surface area contributed by atoms with Gasteiger partial charge in [0.25, 0.3) is 5.91 Å². The van der Waals surface area contributed by atoms with Gasteiger partial charge < -0.3 is 19.9 Å². The van der Waals surface area contributed by atoms with Crippen LogP contribution in [-0.4, -0.2) is 57.0 Å². The number of ether oxygens (including phenoxy) is 1. The van der Waals surface area contributed by atoms with Crippen LogP contribution in [-0.2, 0) is 17.7 Å². The largest absolute Gasteiger partial charge is 0.378 e. The molecule has 5 heterocycles. The number of aromatic nitrogens is 4. The lowest BCUT2D eigenvalue weighted by Crippen LogP contribution is -2.39. The van der Waals surface area contributed by atoms with Gasteiger partial charge in [0.2, 0.25) is 0 Å². The van der Waals surface area contributed by atoms with E-state index in [2.05, 4.69) is 50.4 Å². The molecule has 0 spiro atoms. The monoisotopic (exact) mass is 468 g/mol. The minimum atomic E-state index is -0.0314. The number of nitrogens with one attached hydrogen (secondary N) is 2. The van der Waals surface area contributed by atoms with Gasteiger partial charge in [-0.25, -0.2) is 15.0 Å². The molecule has 8 nitrogen and oxygen atoms in total. The maximum atomic E-state index is 13.2. The first-order valence-electron chi connectivity index (χ1n) is 12.1. The zero-order valence-electron chi connectivity index (χ0n) is 20.0. The molecule has 3 aromatic heterocycles. The number of aryl methyl sites for hydroxylation is 2. The molecule has 4 aromatic rings. The highest BCUT2D eigenvalue weighted by Crippen LogP contribution is 2.34. The predicted octanol–water partition coefficient (Wildman–Crippen LogP) is 3.50. The van der Waals surface area contributed by atoms with Crippen LogP contribution in [0.5, 0.6) is 0 Å². The number of H-pyrrole nitrogens is 1. The van der Waals surface area contributed by atoms with Crippen LogP contribution in [0.1, 0.15) is 44.5 Å². The average Bonchev–Trinajstić information content (AvgIpc) is 3.28. The van der Waals surface area contributed by atoms with E-state index in [1.807, 2.05) is 24.2 Å². The van der Waals surface area contributed by atoms with E-state index in [9.17, 15) is 4.79 Å². The van der Waals surface area contributed by atoms with Crippen LogP contribution < -0.4 is 5.32 Å². The highest BCUT2D eigenvalue weighted by molar-refractivity contribution is 5.94. The molecule has 1 aromatic carbocycles. The number of amides is 1. The molecule has 2 aliphatic rings. The Morgan fingerprint density at radius 1 is 1.09 bits per heavy atom. The summed E-state index contributed by atoms with van der Waals surface area (Å²) in [6.07, 6.45) is 7.96. The summed E-state index contributed by atoms with van der Waals surface area (Å²) >= 11 is 0. The zero-order chi connectivity index (χ0) is 23.9. The molecule has 0 aliphatic carbocycles. The summed E-state index contributed by atoms with van der Waals surface area (Å²) in [6.45, 7) is 7.27. The van der Waals surface area contributed by atoms with Crippen molar-refractivity contribution < 1.29 is 9.53 Å². The molecule has 35 heavy (non-hydrogen) atoms. The van der Waals surface area contributed by atoms with Crippen LogP contribution in [0.25, 0.3) is 22.2 Å². The van der Waals surface area contributed by atoms with Crippen LogP contribution in [0.2, 0.25) is 0 Å². The van der Waals surface area contributed by atoms with E-state index < -0.39 is 0 Å². The molecule has 178 valence electrons. The Morgan fingerprint density at radius 3 is 2.74 bits per heavy atom. The third kappa shape index (κ3) is 4.09. The number of nitrogens with zero attached hydrogens (tertiary/aromatic N) is 4. The molecule has 1 fully saturated rings. The SMILES string of the molecule is Cc1ncc(C(=O)N2CCc3cc(-c4cnc5[nH]cc(C)c5c4)cc(C4COCCN4)c3C2)cn1. The van der Waals surface area contributed by atoms with Crippen molar-refractivity contribution >= 4 is 16.9 Å². The zero-order valence-corrected chi connectivity index (χ0v) is 20.0. The lowest BCUT2D eigenvalue weighted by molar-refractivity contribution is 0.0715. The van der Waals surface area contributed by atoms with Gasteiger partial charge in [-0.15, -0.1) is 0 Å². The number of carbonyl (C=O) groups excluding carboxylic acids is 1. The van der Waals surface area contributed by atoms with E-state index in [-0.39, 0.29) is 11.9 Å². The number of rotatable bonds is 3.